The van der Waals surface area contributed by atoms with Crippen LogP contribution in [0, 0.1) is 5.92 Å². The van der Waals surface area contributed by atoms with Gasteiger partial charge in [-0.05, 0) is 31.6 Å². The molecule has 2 unspecified atom stereocenters. The molecule has 2 atom stereocenters. The van der Waals surface area contributed by atoms with Gasteiger partial charge < -0.3 is 10.1 Å². The molecule has 15 heavy (non-hydrogen) atoms. The highest BCUT2D eigenvalue weighted by molar-refractivity contribution is 5.67. The van der Waals surface area contributed by atoms with Crippen LogP contribution in [0.1, 0.15) is 39.0 Å². The summed E-state index contributed by atoms with van der Waals surface area (Å²) in [6.45, 7) is 2.14. The van der Waals surface area contributed by atoms with E-state index in [1.165, 1.54) is 20.0 Å². The second-order valence-corrected chi connectivity index (χ2v) is 4.10. The number of hydrogen-bond acceptors (Lipinski definition) is 2. The van der Waals surface area contributed by atoms with Crippen LogP contribution in [-0.2, 0) is 4.74 Å². The summed E-state index contributed by atoms with van der Waals surface area (Å²) in [6, 6.07) is 0.290. The summed E-state index contributed by atoms with van der Waals surface area (Å²) >= 11 is 0. The smallest absolute Gasteiger partial charge is 0.407 e. The second kappa shape index (κ2) is 6.49. The fraction of sp³-hybridized carbons (Fsp3) is 0.750. The molecule has 3 nitrogen and oxygen atoms in total. The third kappa shape index (κ3) is 4.36. The van der Waals surface area contributed by atoms with Gasteiger partial charge >= 0.3 is 6.09 Å². The van der Waals surface area contributed by atoms with E-state index in [1.54, 1.807) is 0 Å². The highest BCUT2D eigenvalue weighted by Crippen LogP contribution is 2.25. The third-order valence-electron chi connectivity index (χ3n) is 2.87. The molecule has 3 heteroatoms. The molecule has 1 saturated carbocycles. The van der Waals surface area contributed by atoms with E-state index >= 15 is 0 Å². The minimum absolute atomic E-state index is 0.290. The lowest BCUT2D eigenvalue weighted by atomic mass is 9.85. The number of rotatable bonds is 3. The lowest BCUT2D eigenvalue weighted by Gasteiger charge is -2.27. The second-order valence-electron chi connectivity index (χ2n) is 4.10. The zero-order chi connectivity index (χ0) is 11.1. The van der Waals surface area contributed by atoms with E-state index in [0.29, 0.717) is 5.92 Å². The van der Waals surface area contributed by atoms with E-state index in [-0.39, 0.29) is 12.1 Å². The van der Waals surface area contributed by atoms with E-state index in [1.807, 2.05) is 0 Å². The van der Waals surface area contributed by atoms with Crippen molar-refractivity contribution in [2.24, 2.45) is 5.92 Å². The van der Waals surface area contributed by atoms with Crippen molar-refractivity contribution in [3.8, 4) is 0 Å². The van der Waals surface area contributed by atoms with Gasteiger partial charge in [0, 0.05) is 6.04 Å². The Hall–Kier alpha value is -0.990. The van der Waals surface area contributed by atoms with E-state index < -0.39 is 0 Å². The maximum absolute atomic E-state index is 11.0. The largest absolute Gasteiger partial charge is 0.453 e. The number of amides is 1. The molecule has 0 aromatic heterocycles. The first-order chi connectivity index (χ1) is 7.26. The topological polar surface area (TPSA) is 38.3 Å². The van der Waals surface area contributed by atoms with Gasteiger partial charge in [-0.1, -0.05) is 25.5 Å². The molecule has 1 amide bonds. The fourth-order valence-electron chi connectivity index (χ4n) is 2.09. The van der Waals surface area contributed by atoms with Crippen LogP contribution in [0.15, 0.2) is 12.2 Å². The number of hydrogen-bond donors (Lipinski definition) is 1. The summed E-state index contributed by atoms with van der Waals surface area (Å²) in [6.07, 6.45) is 9.84. The molecule has 0 bridgehead atoms. The number of carbonyl (C=O) groups is 1. The van der Waals surface area contributed by atoms with Crippen LogP contribution < -0.4 is 5.32 Å². The molecule has 1 aliphatic rings. The molecular weight excluding hydrogens is 190 g/mol. The van der Waals surface area contributed by atoms with Crippen LogP contribution in [0.4, 0.5) is 4.79 Å². The van der Waals surface area contributed by atoms with Gasteiger partial charge in [0.15, 0.2) is 0 Å². The average Bonchev–Trinajstić information content (AvgIpc) is 2.26. The molecule has 0 spiro atoms. The molecule has 86 valence electrons. The van der Waals surface area contributed by atoms with Gasteiger partial charge in [0.25, 0.3) is 0 Å². The predicted octanol–water partition coefficient (Wildman–Crippen LogP) is 2.87. The summed E-state index contributed by atoms with van der Waals surface area (Å²) in [5, 5.41) is 2.88. The molecule has 0 aromatic rings. The quantitative estimate of drug-likeness (QED) is 0.729. The van der Waals surface area contributed by atoms with E-state index in [9.17, 15) is 4.79 Å². The van der Waals surface area contributed by atoms with Gasteiger partial charge in [-0.2, -0.15) is 0 Å². The Morgan fingerprint density at radius 1 is 1.53 bits per heavy atom. The van der Waals surface area contributed by atoms with Crippen molar-refractivity contribution in [3.05, 3.63) is 12.2 Å². The van der Waals surface area contributed by atoms with Crippen LogP contribution in [0.25, 0.3) is 0 Å². The van der Waals surface area contributed by atoms with Crippen molar-refractivity contribution in [1.29, 1.82) is 0 Å². The lowest BCUT2D eigenvalue weighted by Crippen LogP contribution is -2.37. The number of allylic oxidation sites excluding steroid dienone is 2. The maximum atomic E-state index is 11.0. The summed E-state index contributed by atoms with van der Waals surface area (Å²) in [4.78, 5) is 11.0. The summed E-state index contributed by atoms with van der Waals surface area (Å²) in [5.41, 5.74) is 0. The van der Waals surface area contributed by atoms with Crippen molar-refractivity contribution in [1.82, 2.24) is 5.32 Å². The van der Waals surface area contributed by atoms with Gasteiger partial charge in [-0.15, -0.1) is 0 Å². The van der Waals surface area contributed by atoms with Gasteiger partial charge in [0.1, 0.15) is 0 Å². The van der Waals surface area contributed by atoms with Crippen LogP contribution in [-0.4, -0.2) is 19.2 Å². The molecule has 1 N–H and O–H groups in total. The van der Waals surface area contributed by atoms with Crippen molar-refractivity contribution < 1.29 is 9.53 Å². The van der Waals surface area contributed by atoms with E-state index in [4.69, 9.17) is 0 Å². The molecule has 0 saturated heterocycles. The molecule has 0 radical (unpaired) electrons. The van der Waals surface area contributed by atoms with Crippen LogP contribution in [0.3, 0.4) is 0 Å². The first-order valence-electron chi connectivity index (χ1n) is 5.77. The first kappa shape index (κ1) is 12.1. The van der Waals surface area contributed by atoms with Crippen LogP contribution >= 0.6 is 0 Å². The standard InChI is InChI=1S/C12H21NO2/c1-3-4-6-10-7-5-8-11(9-10)13-12(14)15-2/h4,6,10-11H,3,5,7-9H2,1-2H3,(H,13,14). The Balaban J connectivity index is 2.35. The molecule has 1 fully saturated rings. The van der Waals surface area contributed by atoms with Crippen molar-refractivity contribution in [2.75, 3.05) is 7.11 Å². The summed E-state index contributed by atoms with van der Waals surface area (Å²) in [7, 11) is 1.41. The molecule has 1 rings (SSSR count). The predicted molar refractivity (Wildman–Crippen MR) is 60.7 cm³/mol. The Morgan fingerprint density at radius 2 is 2.33 bits per heavy atom. The zero-order valence-corrected chi connectivity index (χ0v) is 9.66. The fourth-order valence-corrected chi connectivity index (χ4v) is 2.09. The number of ether oxygens (including phenoxy) is 1. The lowest BCUT2D eigenvalue weighted by molar-refractivity contribution is 0.161. The Kier molecular flexibility index (Phi) is 5.22. The molecule has 0 aromatic carbocycles. The molecule has 1 aliphatic carbocycles. The SMILES string of the molecule is CCC=CC1CCCC(NC(=O)OC)C1. The number of carbonyl (C=O) groups excluding carboxylic acids is 1. The number of methoxy groups -OCH3 is 1. The van der Waals surface area contributed by atoms with Crippen molar-refractivity contribution >= 4 is 6.09 Å². The van der Waals surface area contributed by atoms with E-state index in [0.717, 1.165) is 19.3 Å². The average molecular weight is 211 g/mol. The monoisotopic (exact) mass is 211 g/mol. The van der Waals surface area contributed by atoms with Crippen molar-refractivity contribution in [3.63, 3.8) is 0 Å². The maximum Gasteiger partial charge on any atom is 0.407 e. The zero-order valence-electron chi connectivity index (χ0n) is 9.66. The minimum atomic E-state index is -0.305. The molecular formula is C12H21NO2. The third-order valence-corrected chi connectivity index (χ3v) is 2.87. The van der Waals surface area contributed by atoms with Gasteiger partial charge in [-0.25, -0.2) is 4.79 Å². The molecule has 0 aliphatic heterocycles. The normalized spacial score (nSPS) is 26.5. The first-order valence-corrected chi connectivity index (χ1v) is 5.77. The van der Waals surface area contributed by atoms with Gasteiger partial charge in [0.05, 0.1) is 7.11 Å². The summed E-state index contributed by atoms with van der Waals surface area (Å²) in [5.74, 6) is 0.626. The Morgan fingerprint density at radius 3 is 3.00 bits per heavy atom. The van der Waals surface area contributed by atoms with Crippen LogP contribution in [0.2, 0.25) is 0 Å². The van der Waals surface area contributed by atoms with Gasteiger partial charge in [0.2, 0.25) is 0 Å². The highest BCUT2D eigenvalue weighted by Gasteiger charge is 2.21. The number of alkyl carbamates (subject to hydrolysis) is 1. The van der Waals surface area contributed by atoms with Crippen LogP contribution in [0.5, 0.6) is 0 Å². The summed E-state index contributed by atoms with van der Waals surface area (Å²) < 4.78 is 4.60. The highest BCUT2D eigenvalue weighted by atomic mass is 16.5. The Labute approximate surface area is 91.9 Å². The molecule has 0 heterocycles. The minimum Gasteiger partial charge on any atom is -0.453 e. The van der Waals surface area contributed by atoms with Crippen molar-refractivity contribution in [2.45, 2.75) is 45.1 Å². The number of nitrogens with one attached hydrogen (secondary N) is 1. The van der Waals surface area contributed by atoms with Gasteiger partial charge in [-0.3, -0.25) is 0 Å². The van der Waals surface area contributed by atoms with E-state index in [2.05, 4.69) is 29.1 Å². The Bertz CT molecular complexity index is 226.